The van der Waals surface area contributed by atoms with E-state index in [-0.39, 0.29) is 5.78 Å². The van der Waals surface area contributed by atoms with Crippen molar-refractivity contribution in [2.24, 2.45) is 0 Å². The summed E-state index contributed by atoms with van der Waals surface area (Å²) in [6, 6.07) is 15.1. The minimum Gasteiger partial charge on any atom is -0.289 e. The van der Waals surface area contributed by atoms with Gasteiger partial charge in [-0.15, -0.1) is 11.8 Å². The van der Waals surface area contributed by atoms with E-state index in [0.717, 1.165) is 15.8 Å². The molecule has 1 nitrogen and oxygen atoms in total. The molecule has 0 spiro atoms. The standard InChI is InChI=1S/C15H13BrOS/c1-2-18-14-9-8-12(10-13(14)16)15(17)11-6-4-3-5-7-11/h3-10H,2H2,1H3. The molecule has 0 aromatic heterocycles. The second-order valence-electron chi connectivity index (χ2n) is 3.77. The van der Waals surface area contributed by atoms with Crippen LogP contribution < -0.4 is 0 Å². The predicted molar refractivity (Wildman–Crippen MR) is 80.4 cm³/mol. The van der Waals surface area contributed by atoms with Gasteiger partial charge in [0.1, 0.15) is 0 Å². The summed E-state index contributed by atoms with van der Waals surface area (Å²) in [5.74, 6) is 1.08. The number of thioether (sulfide) groups is 1. The summed E-state index contributed by atoms with van der Waals surface area (Å²) in [6.45, 7) is 2.11. The summed E-state index contributed by atoms with van der Waals surface area (Å²) < 4.78 is 0.983. The number of carbonyl (C=O) groups is 1. The molecular weight excluding hydrogens is 308 g/mol. The lowest BCUT2D eigenvalue weighted by atomic mass is 10.0. The molecule has 0 aliphatic carbocycles. The van der Waals surface area contributed by atoms with Crippen molar-refractivity contribution >= 4 is 33.5 Å². The third-order valence-electron chi connectivity index (χ3n) is 2.53. The van der Waals surface area contributed by atoms with Gasteiger partial charge >= 0.3 is 0 Å². The van der Waals surface area contributed by atoms with Crippen molar-refractivity contribution in [1.29, 1.82) is 0 Å². The predicted octanol–water partition coefficient (Wildman–Crippen LogP) is 4.79. The molecule has 18 heavy (non-hydrogen) atoms. The molecule has 0 aliphatic rings. The third-order valence-corrected chi connectivity index (χ3v) is 4.40. The van der Waals surface area contributed by atoms with Gasteiger partial charge in [0.05, 0.1) is 0 Å². The Morgan fingerprint density at radius 1 is 1.11 bits per heavy atom. The maximum absolute atomic E-state index is 12.2. The van der Waals surface area contributed by atoms with Crippen molar-refractivity contribution in [3.05, 3.63) is 64.1 Å². The smallest absolute Gasteiger partial charge is 0.193 e. The lowest BCUT2D eigenvalue weighted by Gasteiger charge is -2.05. The van der Waals surface area contributed by atoms with Gasteiger partial charge in [0.15, 0.2) is 5.78 Å². The van der Waals surface area contributed by atoms with E-state index in [1.165, 1.54) is 4.90 Å². The zero-order valence-electron chi connectivity index (χ0n) is 10.0. The van der Waals surface area contributed by atoms with Crippen molar-refractivity contribution in [1.82, 2.24) is 0 Å². The van der Waals surface area contributed by atoms with E-state index in [1.807, 2.05) is 48.5 Å². The molecule has 0 aliphatic heterocycles. The van der Waals surface area contributed by atoms with E-state index >= 15 is 0 Å². The monoisotopic (exact) mass is 320 g/mol. The molecule has 0 atom stereocenters. The molecule has 92 valence electrons. The lowest BCUT2D eigenvalue weighted by molar-refractivity contribution is 0.103. The number of hydrogen-bond acceptors (Lipinski definition) is 2. The van der Waals surface area contributed by atoms with Crippen LogP contribution in [0.3, 0.4) is 0 Å². The Morgan fingerprint density at radius 2 is 1.83 bits per heavy atom. The Hall–Kier alpha value is -1.06. The highest BCUT2D eigenvalue weighted by molar-refractivity contribution is 9.10. The third kappa shape index (κ3) is 3.03. The maximum Gasteiger partial charge on any atom is 0.193 e. The molecule has 0 bridgehead atoms. The highest BCUT2D eigenvalue weighted by Gasteiger charge is 2.10. The summed E-state index contributed by atoms with van der Waals surface area (Å²) in [7, 11) is 0. The van der Waals surface area contributed by atoms with Crippen LogP contribution in [-0.4, -0.2) is 11.5 Å². The van der Waals surface area contributed by atoms with Crippen molar-refractivity contribution in [2.45, 2.75) is 11.8 Å². The maximum atomic E-state index is 12.2. The molecule has 2 aromatic rings. The molecule has 0 unspecified atom stereocenters. The van der Waals surface area contributed by atoms with Crippen LogP contribution >= 0.6 is 27.7 Å². The van der Waals surface area contributed by atoms with Crippen molar-refractivity contribution in [3.8, 4) is 0 Å². The van der Waals surface area contributed by atoms with Crippen molar-refractivity contribution in [3.63, 3.8) is 0 Å². The molecule has 0 saturated carbocycles. The molecule has 3 heteroatoms. The van der Waals surface area contributed by atoms with Gasteiger partial charge in [-0.2, -0.15) is 0 Å². The minimum absolute atomic E-state index is 0.0596. The van der Waals surface area contributed by atoms with Gasteiger partial charge in [-0.3, -0.25) is 4.79 Å². The second kappa shape index (κ2) is 6.21. The fraction of sp³-hybridized carbons (Fsp3) is 0.133. The molecule has 0 heterocycles. The van der Waals surface area contributed by atoms with E-state index in [9.17, 15) is 4.79 Å². The minimum atomic E-state index is 0.0596. The first-order valence-corrected chi connectivity index (χ1v) is 7.52. The van der Waals surface area contributed by atoms with Gasteiger partial charge in [0, 0.05) is 20.5 Å². The fourth-order valence-electron chi connectivity index (χ4n) is 1.67. The topological polar surface area (TPSA) is 17.1 Å². The highest BCUT2D eigenvalue weighted by atomic mass is 79.9. The summed E-state index contributed by atoms with van der Waals surface area (Å²) in [5, 5.41) is 0. The van der Waals surface area contributed by atoms with E-state index in [2.05, 4.69) is 22.9 Å². The summed E-state index contributed by atoms with van der Waals surface area (Å²) in [4.78, 5) is 13.4. The summed E-state index contributed by atoms with van der Waals surface area (Å²) in [5.41, 5.74) is 1.44. The van der Waals surface area contributed by atoms with Crippen LogP contribution in [-0.2, 0) is 0 Å². The molecule has 0 saturated heterocycles. The first kappa shape index (κ1) is 13.4. The fourth-order valence-corrected chi connectivity index (χ4v) is 3.07. The Balaban J connectivity index is 2.30. The van der Waals surface area contributed by atoms with Crippen LogP contribution in [0.15, 0.2) is 57.9 Å². The average molecular weight is 321 g/mol. The second-order valence-corrected chi connectivity index (χ2v) is 5.93. The highest BCUT2D eigenvalue weighted by Crippen LogP contribution is 2.28. The van der Waals surface area contributed by atoms with Gasteiger partial charge in [-0.25, -0.2) is 0 Å². The number of halogens is 1. The van der Waals surface area contributed by atoms with Gasteiger partial charge in [0.25, 0.3) is 0 Å². The van der Waals surface area contributed by atoms with Crippen LogP contribution in [0.2, 0.25) is 0 Å². The zero-order chi connectivity index (χ0) is 13.0. The molecule has 2 aromatic carbocycles. The zero-order valence-corrected chi connectivity index (χ0v) is 12.4. The van der Waals surface area contributed by atoms with Gasteiger partial charge in [0.2, 0.25) is 0 Å². The van der Waals surface area contributed by atoms with Crippen LogP contribution in [0.5, 0.6) is 0 Å². The Kier molecular flexibility index (Phi) is 4.61. The largest absolute Gasteiger partial charge is 0.289 e. The van der Waals surface area contributed by atoms with E-state index < -0.39 is 0 Å². The normalized spacial score (nSPS) is 10.3. The molecule has 0 amide bonds. The Morgan fingerprint density at radius 3 is 2.44 bits per heavy atom. The number of ketones is 1. The Bertz CT molecular complexity index is 552. The van der Waals surface area contributed by atoms with E-state index in [4.69, 9.17) is 0 Å². The van der Waals surface area contributed by atoms with Crippen LogP contribution in [0.1, 0.15) is 22.8 Å². The summed E-state index contributed by atoms with van der Waals surface area (Å²) >= 11 is 5.28. The quantitative estimate of drug-likeness (QED) is 0.595. The average Bonchev–Trinajstić information content (AvgIpc) is 2.41. The number of benzene rings is 2. The molecular formula is C15H13BrOS. The molecule has 0 N–H and O–H groups in total. The van der Waals surface area contributed by atoms with Crippen molar-refractivity contribution in [2.75, 3.05) is 5.75 Å². The Labute approximate surface area is 120 Å². The number of rotatable bonds is 4. The van der Waals surface area contributed by atoms with Gasteiger partial charge in [-0.1, -0.05) is 37.3 Å². The van der Waals surface area contributed by atoms with Crippen molar-refractivity contribution < 1.29 is 4.79 Å². The first-order chi connectivity index (χ1) is 8.72. The number of carbonyl (C=O) groups excluding carboxylic acids is 1. The summed E-state index contributed by atoms with van der Waals surface area (Å²) in [6.07, 6.45) is 0. The lowest BCUT2D eigenvalue weighted by Crippen LogP contribution is -2.00. The SMILES string of the molecule is CCSc1ccc(C(=O)c2ccccc2)cc1Br. The van der Waals surface area contributed by atoms with E-state index in [0.29, 0.717) is 5.56 Å². The van der Waals surface area contributed by atoms with Crippen LogP contribution in [0.25, 0.3) is 0 Å². The van der Waals surface area contributed by atoms with Crippen LogP contribution in [0, 0.1) is 0 Å². The first-order valence-electron chi connectivity index (χ1n) is 5.74. The van der Waals surface area contributed by atoms with E-state index in [1.54, 1.807) is 11.8 Å². The van der Waals surface area contributed by atoms with Gasteiger partial charge < -0.3 is 0 Å². The van der Waals surface area contributed by atoms with Crippen LogP contribution in [0.4, 0.5) is 0 Å². The molecule has 0 radical (unpaired) electrons. The molecule has 0 fully saturated rings. The number of hydrogen-bond donors (Lipinski definition) is 0. The van der Waals surface area contributed by atoms with Gasteiger partial charge in [-0.05, 0) is 39.9 Å². The molecule has 2 rings (SSSR count).